The summed E-state index contributed by atoms with van der Waals surface area (Å²) in [6, 6.07) is 14.5. The molecular weight excluding hydrogens is 365 g/mol. The quantitative estimate of drug-likeness (QED) is 0.641. The van der Waals surface area contributed by atoms with Crippen molar-refractivity contribution in [1.29, 1.82) is 0 Å². The highest BCUT2D eigenvalue weighted by molar-refractivity contribution is 5.57. The van der Waals surface area contributed by atoms with Gasteiger partial charge in [0, 0.05) is 37.1 Å². The van der Waals surface area contributed by atoms with Crippen molar-refractivity contribution in [2.45, 2.75) is 24.9 Å². The number of halogens is 3. The predicted molar refractivity (Wildman–Crippen MR) is 101 cm³/mol. The predicted octanol–water partition coefficient (Wildman–Crippen LogP) is 4.94. The molecule has 0 N–H and O–H groups in total. The lowest BCUT2D eigenvalue weighted by atomic mass is 9.89. The number of rotatable bonds is 3. The van der Waals surface area contributed by atoms with Gasteiger partial charge in [0.1, 0.15) is 5.82 Å². The van der Waals surface area contributed by atoms with Gasteiger partial charge < -0.3 is 4.90 Å². The van der Waals surface area contributed by atoms with Crippen LogP contribution >= 0.6 is 0 Å². The van der Waals surface area contributed by atoms with Gasteiger partial charge in [-0.05, 0) is 36.5 Å². The molecule has 7 heteroatoms. The summed E-state index contributed by atoms with van der Waals surface area (Å²) in [6.07, 6.45) is 0.260. The lowest BCUT2D eigenvalue weighted by Crippen LogP contribution is -2.34. The molecule has 0 radical (unpaired) electrons. The van der Waals surface area contributed by atoms with Crippen LogP contribution in [0.3, 0.4) is 0 Å². The number of benzene rings is 1. The average molecular weight is 384 g/mol. The lowest BCUT2D eigenvalue weighted by molar-refractivity contribution is -0.141. The van der Waals surface area contributed by atoms with Crippen LogP contribution in [-0.4, -0.2) is 28.0 Å². The van der Waals surface area contributed by atoms with Gasteiger partial charge in [-0.2, -0.15) is 13.2 Å². The fourth-order valence-corrected chi connectivity index (χ4v) is 3.54. The first-order valence-corrected chi connectivity index (χ1v) is 9.17. The summed E-state index contributed by atoms with van der Waals surface area (Å²) < 4.78 is 40.2. The van der Waals surface area contributed by atoms with E-state index in [9.17, 15) is 13.2 Å². The Morgan fingerprint density at radius 2 is 1.57 bits per heavy atom. The van der Waals surface area contributed by atoms with E-state index in [-0.39, 0.29) is 5.82 Å². The van der Waals surface area contributed by atoms with Crippen molar-refractivity contribution in [1.82, 2.24) is 15.0 Å². The van der Waals surface area contributed by atoms with Crippen molar-refractivity contribution < 1.29 is 13.2 Å². The summed E-state index contributed by atoms with van der Waals surface area (Å²) in [4.78, 5) is 14.0. The van der Waals surface area contributed by atoms with Crippen molar-refractivity contribution in [3.8, 4) is 11.4 Å². The number of hydrogen-bond acceptors (Lipinski definition) is 4. The maximum atomic E-state index is 13.4. The van der Waals surface area contributed by atoms with Crippen molar-refractivity contribution in [2.75, 3.05) is 18.0 Å². The van der Waals surface area contributed by atoms with Crippen LogP contribution < -0.4 is 4.90 Å². The molecule has 1 fully saturated rings. The summed E-state index contributed by atoms with van der Waals surface area (Å²) >= 11 is 0. The van der Waals surface area contributed by atoms with Crippen molar-refractivity contribution in [2.24, 2.45) is 0 Å². The van der Waals surface area contributed by atoms with E-state index in [4.69, 9.17) is 0 Å². The Hall–Kier alpha value is -2.96. The lowest BCUT2D eigenvalue weighted by Gasteiger charge is -2.33. The molecule has 28 heavy (non-hydrogen) atoms. The van der Waals surface area contributed by atoms with E-state index in [0.29, 0.717) is 30.4 Å². The molecule has 144 valence electrons. The largest absolute Gasteiger partial charge is 0.433 e. The number of anilines is 1. The molecule has 3 aromatic rings. The van der Waals surface area contributed by atoms with E-state index >= 15 is 0 Å². The molecule has 0 bridgehead atoms. The molecule has 0 unspecified atom stereocenters. The van der Waals surface area contributed by atoms with Crippen LogP contribution in [0.4, 0.5) is 19.0 Å². The number of piperidine rings is 1. The van der Waals surface area contributed by atoms with Gasteiger partial charge in [0.25, 0.3) is 0 Å². The zero-order valence-corrected chi connectivity index (χ0v) is 15.1. The molecule has 1 aliphatic heterocycles. The molecule has 0 amide bonds. The third-order valence-corrected chi connectivity index (χ3v) is 5.03. The number of nitrogens with zero attached hydrogens (tertiary/aromatic N) is 4. The molecule has 1 aliphatic rings. The standard InChI is InChI=1S/C21H19F3N4/c22-21(23,24)18-14-19(27-20(26-18)17-6-10-25-11-7-17)28-12-8-16(9-13-28)15-4-2-1-3-5-15/h1-7,10-11,14,16H,8-9,12-13H2. The van der Waals surface area contributed by atoms with Crippen LogP contribution in [0.15, 0.2) is 60.9 Å². The van der Waals surface area contributed by atoms with Crippen LogP contribution in [-0.2, 0) is 6.18 Å². The highest BCUT2D eigenvalue weighted by atomic mass is 19.4. The minimum Gasteiger partial charge on any atom is -0.356 e. The Kier molecular flexibility index (Phi) is 4.98. The molecule has 1 aromatic carbocycles. The van der Waals surface area contributed by atoms with Gasteiger partial charge in [0.05, 0.1) is 0 Å². The molecule has 2 aromatic heterocycles. The molecule has 0 saturated carbocycles. The van der Waals surface area contributed by atoms with Gasteiger partial charge in [0.2, 0.25) is 0 Å². The van der Waals surface area contributed by atoms with E-state index in [1.54, 1.807) is 12.1 Å². The maximum Gasteiger partial charge on any atom is 0.433 e. The Labute approximate surface area is 161 Å². The third kappa shape index (κ3) is 3.98. The number of pyridine rings is 1. The van der Waals surface area contributed by atoms with Crippen LogP contribution in [0.25, 0.3) is 11.4 Å². The SMILES string of the molecule is FC(F)(F)c1cc(N2CCC(c3ccccc3)CC2)nc(-c2ccncc2)n1. The number of hydrogen-bond donors (Lipinski definition) is 0. The Morgan fingerprint density at radius 3 is 2.21 bits per heavy atom. The minimum atomic E-state index is -4.53. The molecule has 0 aliphatic carbocycles. The van der Waals surface area contributed by atoms with Gasteiger partial charge in [-0.25, -0.2) is 9.97 Å². The molecule has 1 saturated heterocycles. The van der Waals surface area contributed by atoms with Crippen molar-refractivity contribution >= 4 is 5.82 Å². The Balaban J connectivity index is 1.61. The van der Waals surface area contributed by atoms with Crippen LogP contribution in [0.2, 0.25) is 0 Å². The van der Waals surface area contributed by atoms with Gasteiger partial charge in [-0.1, -0.05) is 30.3 Å². The fourth-order valence-electron chi connectivity index (χ4n) is 3.54. The minimum absolute atomic E-state index is 0.0670. The van der Waals surface area contributed by atoms with Crippen molar-refractivity contribution in [3.05, 3.63) is 72.2 Å². The molecule has 4 rings (SSSR count). The zero-order valence-electron chi connectivity index (χ0n) is 15.1. The first-order chi connectivity index (χ1) is 13.5. The van der Waals surface area contributed by atoms with E-state index in [2.05, 4.69) is 27.1 Å². The summed E-state index contributed by atoms with van der Waals surface area (Å²) in [5.74, 6) is 0.805. The fraction of sp³-hybridized carbons (Fsp3) is 0.286. The first kappa shape index (κ1) is 18.4. The van der Waals surface area contributed by atoms with Gasteiger partial charge >= 0.3 is 6.18 Å². The maximum absolute atomic E-state index is 13.4. The van der Waals surface area contributed by atoms with Gasteiger partial charge in [0.15, 0.2) is 11.5 Å². The van der Waals surface area contributed by atoms with Crippen LogP contribution in [0.5, 0.6) is 0 Å². The van der Waals surface area contributed by atoms with Gasteiger partial charge in [-0.3, -0.25) is 4.98 Å². The molecule has 3 heterocycles. The smallest absolute Gasteiger partial charge is 0.356 e. The summed E-state index contributed by atoms with van der Waals surface area (Å²) in [5, 5.41) is 0. The molecule has 0 atom stereocenters. The van der Waals surface area contributed by atoms with E-state index in [0.717, 1.165) is 18.9 Å². The Bertz CT molecular complexity index is 921. The summed E-state index contributed by atoms with van der Waals surface area (Å²) in [7, 11) is 0. The summed E-state index contributed by atoms with van der Waals surface area (Å²) in [5.41, 5.74) is 0.870. The molecular formula is C21H19F3N4. The highest BCUT2D eigenvalue weighted by Gasteiger charge is 2.34. The Morgan fingerprint density at radius 1 is 0.893 bits per heavy atom. The second kappa shape index (κ2) is 7.58. The highest BCUT2D eigenvalue weighted by Crippen LogP contribution is 2.34. The van der Waals surface area contributed by atoms with E-state index in [1.165, 1.54) is 18.0 Å². The second-order valence-corrected chi connectivity index (χ2v) is 6.84. The summed E-state index contributed by atoms with van der Waals surface area (Å²) in [6.45, 7) is 1.31. The topological polar surface area (TPSA) is 41.9 Å². The van der Waals surface area contributed by atoms with Crippen LogP contribution in [0.1, 0.15) is 30.0 Å². The average Bonchev–Trinajstić information content (AvgIpc) is 2.74. The zero-order chi connectivity index (χ0) is 19.6. The third-order valence-electron chi connectivity index (χ3n) is 5.03. The molecule has 4 nitrogen and oxygen atoms in total. The van der Waals surface area contributed by atoms with Crippen molar-refractivity contribution in [3.63, 3.8) is 0 Å². The monoisotopic (exact) mass is 384 g/mol. The molecule has 0 spiro atoms. The van der Waals surface area contributed by atoms with Crippen LogP contribution in [0, 0.1) is 0 Å². The normalized spacial score (nSPS) is 15.6. The first-order valence-electron chi connectivity index (χ1n) is 9.17. The van der Waals surface area contributed by atoms with E-state index < -0.39 is 11.9 Å². The number of alkyl halides is 3. The number of aromatic nitrogens is 3. The van der Waals surface area contributed by atoms with E-state index in [1.807, 2.05) is 23.1 Å². The van der Waals surface area contributed by atoms with Gasteiger partial charge in [-0.15, -0.1) is 0 Å². The second-order valence-electron chi connectivity index (χ2n) is 6.84.